The van der Waals surface area contributed by atoms with Crippen LogP contribution in [0.3, 0.4) is 0 Å². The molecular formula is C10H25O3P. The normalized spacial score (nSPS) is 10.6. The van der Waals surface area contributed by atoms with Crippen LogP contribution in [0.5, 0.6) is 0 Å². The first-order valence-corrected chi connectivity index (χ1v) is 6.54. The maximum atomic E-state index is 11.0. The van der Waals surface area contributed by atoms with E-state index in [1.165, 1.54) is 0 Å². The van der Waals surface area contributed by atoms with Crippen molar-refractivity contribution in [3.05, 3.63) is 0 Å². The molecule has 0 aliphatic carbocycles. The Morgan fingerprint density at radius 1 is 0.929 bits per heavy atom. The molecule has 0 aromatic carbocycles. The summed E-state index contributed by atoms with van der Waals surface area (Å²) >= 11 is 0. The molecule has 0 bridgehead atoms. The Labute approximate surface area is 89.1 Å². The average Bonchev–Trinajstić information content (AvgIpc) is 2.14. The van der Waals surface area contributed by atoms with Crippen LogP contribution in [0.25, 0.3) is 0 Å². The molecule has 4 heteroatoms. The fourth-order valence-electron chi connectivity index (χ4n) is 0.511. The minimum atomic E-state index is -2.23. The summed E-state index contributed by atoms with van der Waals surface area (Å²) < 4.78 is 20.9. The van der Waals surface area contributed by atoms with Gasteiger partial charge in [0.2, 0.25) is 0 Å². The minimum Gasteiger partial charge on any atom is -0.310 e. The van der Waals surface area contributed by atoms with E-state index in [0.717, 1.165) is 0 Å². The molecule has 0 aromatic heterocycles. The maximum absolute atomic E-state index is 11.0. The Bertz CT molecular complexity index is 121. The van der Waals surface area contributed by atoms with Crippen molar-refractivity contribution < 1.29 is 13.6 Å². The molecule has 0 aliphatic rings. The van der Waals surface area contributed by atoms with Crippen LogP contribution in [-0.4, -0.2) is 13.2 Å². The summed E-state index contributed by atoms with van der Waals surface area (Å²) in [6.07, 6.45) is 0. The second kappa shape index (κ2) is 11.2. The van der Waals surface area contributed by atoms with Gasteiger partial charge in [0.15, 0.2) is 0 Å². The van der Waals surface area contributed by atoms with Gasteiger partial charge in [-0.25, -0.2) is 0 Å². The molecule has 0 atom stereocenters. The van der Waals surface area contributed by atoms with Crippen molar-refractivity contribution >= 4 is 8.25 Å². The van der Waals surface area contributed by atoms with Crippen molar-refractivity contribution in [2.75, 3.05) is 13.2 Å². The Kier molecular flexibility index (Phi) is 13.3. The van der Waals surface area contributed by atoms with Gasteiger partial charge in [-0.2, -0.15) is 0 Å². The number of hydrogen-bond donors (Lipinski definition) is 0. The van der Waals surface area contributed by atoms with E-state index in [1.807, 2.05) is 41.5 Å². The van der Waals surface area contributed by atoms with Crippen molar-refractivity contribution in [3.8, 4) is 0 Å². The summed E-state index contributed by atoms with van der Waals surface area (Å²) in [6, 6.07) is 0. The van der Waals surface area contributed by atoms with Crippen molar-refractivity contribution in [1.82, 2.24) is 0 Å². The zero-order valence-electron chi connectivity index (χ0n) is 10.3. The summed E-state index contributed by atoms with van der Waals surface area (Å²) in [7, 11) is -2.23. The maximum Gasteiger partial charge on any atom is 0.319 e. The molecule has 0 saturated heterocycles. The lowest BCUT2D eigenvalue weighted by Gasteiger charge is -2.08. The van der Waals surface area contributed by atoms with E-state index in [1.54, 1.807) is 0 Å². The summed E-state index contributed by atoms with van der Waals surface area (Å²) in [6.45, 7) is 13.1. The van der Waals surface area contributed by atoms with Gasteiger partial charge in [0, 0.05) is 0 Å². The van der Waals surface area contributed by atoms with Gasteiger partial charge in [0.05, 0.1) is 13.2 Å². The van der Waals surface area contributed by atoms with E-state index in [0.29, 0.717) is 25.0 Å². The van der Waals surface area contributed by atoms with Crippen molar-refractivity contribution in [2.45, 2.75) is 41.5 Å². The number of hydrogen-bond acceptors (Lipinski definition) is 3. The smallest absolute Gasteiger partial charge is 0.310 e. The first kappa shape index (κ1) is 16.6. The van der Waals surface area contributed by atoms with E-state index in [2.05, 4.69) is 0 Å². The average molecular weight is 224 g/mol. The highest BCUT2D eigenvalue weighted by Crippen LogP contribution is 2.25. The van der Waals surface area contributed by atoms with Gasteiger partial charge in [-0.15, -0.1) is 0 Å². The molecule has 0 unspecified atom stereocenters. The molecule has 14 heavy (non-hydrogen) atoms. The monoisotopic (exact) mass is 224 g/mol. The quantitative estimate of drug-likeness (QED) is 0.644. The van der Waals surface area contributed by atoms with Crippen molar-refractivity contribution in [1.29, 1.82) is 0 Å². The van der Waals surface area contributed by atoms with Crippen LogP contribution in [0.2, 0.25) is 0 Å². The van der Waals surface area contributed by atoms with Gasteiger partial charge >= 0.3 is 8.25 Å². The third kappa shape index (κ3) is 14.7. The van der Waals surface area contributed by atoms with Crippen LogP contribution in [-0.2, 0) is 13.6 Å². The predicted octanol–water partition coefficient (Wildman–Crippen LogP) is 3.75. The van der Waals surface area contributed by atoms with Gasteiger partial charge in [0.1, 0.15) is 0 Å². The van der Waals surface area contributed by atoms with E-state index in [4.69, 9.17) is 9.05 Å². The van der Waals surface area contributed by atoms with Crippen LogP contribution < -0.4 is 0 Å². The van der Waals surface area contributed by atoms with Crippen LogP contribution in [0.15, 0.2) is 0 Å². The molecule has 0 fully saturated rings. The SMILES string of the molecule is CC.CC(C)CO[PH](=O)OCC(C)C. The van der Waals surface area contributed by atoms with E-state index in [-0.39, 0.29) is 0 Å². The highest BCUT2D eigenvalue weighted by Gasteiger charge is 2.02. The third-order valence-electron chi connectivity index (χ3n) is 1.07. The first-order chi connectivity index (χ1) is 6.52. The number of rotatable bonds is 6. The highest BCUT2D eigenvalue weighted by atomic mass is 31.1. The first-order valence-electron chi connectivity index (χ1n) is 5.32. The molecule has 0 amide bonds. The lowest BCUT2D eigenvalue weighted by Crippen LogP contribution is -2.00. The third-order valence-corrected chi connectivity index (χ3v) is 1.87. The second-order valence-electron chi connectivity index (χ2n) is 3.66. The zero-order chi connectivity index (χ0) is 11.6. The zero-order valence-corrected chi connectivity index (χ0v) is 11.3. The molecule has 0 radical (unpaired) electrons. The summed E-state index contributed by atoms with van der Waals surface area (Å²) in [5, 5.41) is 0. The van der Waals surface area contributed by atoms with Gasteiger partial charge < -0.3 is 9.05 Å². The van der Waals surface area contributed by atoms with E-state index < -0.39 is 8.25 Å². The van der Waals surface area contributed by atoms with Gasteiger partial charge in [-0.3, -0.25) is 4.57 Å². The largest absolute Gasteiger partial charge is 0.319 e. The Morgan fingerprint density at radius 3 is 1.43 bits per heavy atom. The van der Waals surface area contributed by atoms with Gasteiger partial charge in [-0.1, -0.05) is 41.5 Å². The fourth-order valence-corrected chi connectivity index (χ4v) is 1.53. The molecule has 0 rings (SSSR count). The summed E-state index contributed by atoms with van der Waals surface area (Å²) in [4.78, 5) is 0. The van der Waals surface area contributed by atoms with Crippen LogP contribution in [0, 0.1) is 11.8 Å². The van der Waals surface area contributed by atoms with E-state index >= 15 is 0 Å². The Balaban J connectivity index is 0. The van der Waals surface area contributed by atoms with Gasteiger partial charge in [-0.05, 0) is 11.8 Å². The molecule has 88 valence electrons. The van der Waals surface area contributed by atoms with Gasteiger partial charge in [0.25, 0.3) is 0 Å². The lowest BCUT2D eigenvalue weighted by molar-refractivity contribution is 0.192. The Hall–Kier alpha value is 0.150. The molecule has 0 spiro atoms. The van der Waals surface area contributed by atoms with Crippen molar-refractivity contribution in [3.63, 3.8) is 0 Å². The van der Waals surface area contributed by atoms with Crippen molar-refractivity contribution in [2.24, 2.45) is 11.8 Å². The minimum absolute atomic E-state index is 0.404. The molecule has 0 N–H and O–H groups in total. The molecule has 0 aromatic rings. The highest BCUT2D eigenvalue weighted by molar-refractivity contribution is 7.33. The topological polar surface area (TPSA) is 35.5 Å². The summed E-state index contributed by atoms with van der Waals surface area (Å²) in [5.41, 5.74) is 0. The van der Waals surface area contributed by atoms with Crippen LogP contribution in [0.1, 0.15) is 41.5 Å². The Morgan fingerprint density at radius 2 is 1.21 bits per heavy atom. The van der Waals surface area contributed by atoms with E-state index in [9.17, 15) is 4.57 Å². The molecule has 0 saturated carbocycles. The second-order valence-corrected chi connectivity index (χ2v) is 4.74. The molecular weight excluding hydrogens is 199 g/mol. The van der Waals surface area contributed by atoms with Crippen LogP contribution in [0.4, 0.5) is 0 Å². The summed E-state index contributed by atoms with van der Waals surface area (Å²) in [5.74, 6) is 0.809. The molecule has 3 nitrogen and oxygen atoms in total. The lowest BCUT2D eigenvalue weighted by atomic mass is 10.2. The standard InChI is InChI=1S/C8H19O3P.C2H6/c1-7(2)5-10-12(9)11-6-8(3)4;1-2/h7-8,12H,5-6H2,1-4H3;1-2H3. The van der Waals surface area contributed by atoms with Crippen LogP contribution >= 0.6 is 8.25 Å². The predicted molar refractivity (Wildman–Crippen MR) is 61.9 cm³/mol. The molecule has 0 heterocycles. The fraction of sp³-hybridized carbons (Fsp3) is 1.00. The molecule has 0 aliphatic heterocycles.